The third kappa shape index (κ3) is 3.27. The van der Waals surface area contributed by atoms with Crippen molar-refractivity contribution in [3.63, 3.8) is 0 Å². The van der Waals surface area contributed by atoms with Crippen LogP contribution in [0.25, 0.3) is 0 Å². The van der Waals surface area contributed by atoms with Gasteiger partial charge in [0.2, 0.25) is 5.91 Å². The van der Waals surface area contributed by atoms with Gasteiger partial charge in [0.05, 0.1) is 0 Å². The second-order valence-electron chi connectivity index (χ2n) is 4.87. The van der Waals surface area contributed by atoms with Crippen molar-refractivity contribution in [3.8, 4) is 0 Å². The molecule has 7 heteroatoms. The minimum Gasteiger partial charge on any atom is -0.388 e. The molecule has 1 heterocycles. The van der Waals surface area contributed by atoms with Crippen LogP contribution in [-0.4, -0.2) is 43.8 Å². The van der Waals surface area contributed by atoms with E-state index >= 15 is 0 Å². The van der Waals surface area contributed by atoms with E-state index in [0.29, 0.717) is 18.2 Å². The fourth-order valence-corrected chi connectivity index (χ4v) is 2.70. The van der Waals surface area contributed by atoms with Gasteiger partial charge in [0.15, 0.2) is 5.82 Å². The van der Waals surface area contributed by atoms with E-state index in [1.54, 1.807) is 11.8 Å². The molecule has 1 aliphatic rings. The van der Waals surface area contributed by atoms with Gasteiger partial charge in [-0.25, -0.2) is 0 Å². The van der Waals surface area contributed by atoms with Crippen LogP contribution >= 0.6 is 11.8 Å². The first-order chi connectivity index (χ1) is 9.15. The van der Waals surface area contributed by atoms with Crippen molar-refractivity contribution in [1.29, 1.82) is 0 Å². The molecule has 106 valence electrons. The Bertz CT molecular complexity index is 443. The topological polar surface area (TPSA) is 80.0 Å². The molecule has 1 aromatic rings. The summed E-state index contributed by atoms with van der Waals surface area (Å²) in [6.45, 7) is -0.0922. The maximum atomic E-state index is 11.6. The van der Waals surface area contributed by atoms with Crippen molar-refractivity contribution in [1.82, 2.24) is 20.1 Å². The van der Waals surface area contributed by atoms with Gasteiger partial charge in [0.25, 0.3) is 0 Å². The van der Waals surface area contributed by atoms with Crippen LogP contribution in [0.15, 0.2) is 0 Å². The Kier molecular flexibility index (Phi) is 4.81. The van der Waals surface area contributed by atoms with Crippen molar-refractivity contribution >= 4 is 17.7 Å². The Labute approximate surface area is 117 Å². The number of amides is 1. The average molecular weight is 284 g/mol. The third-order valence-electron chi connectivity index (χ3n) is 3.54. The molecule has 0 unspecified atom stereocenters. The molecule has 6 nitrogen and oxygen atoms in total. The fourth-order valence-electron chi connectivity index (χ4n) is 2.31. The third-order valence-corrected chi connectivity index (χ3v) is 4.15. The van der Waals surface area contributed by atoms with Gasteiger partial charge in [-0.1, -0.05) is 0 Å². The molecule has 0 bridgehead atoms. The van der Waals surface area contributed by atoms with Crippen molar-refractivity contribution in [2.75, 3.05) is 12.0 Å². The van der Waals surface area contributed by atoms with Gasteiger partial charge in [-0.3, -0.25) is 4.79 Å². The number of carbonyl (C=O) groups excluding carboxylic acids is 1. The fraction of sp³-hybridized carbons (Fsp3) is 0.750. The highest BCUT2D eigenvalue weighted by Gasteiger charge is 2.34. The Morgan fingerprint density at radius 1 is 1.53 bits per heavy atom. The van der Waals surface area contributed by atoms with Crippen LogP contribution in [0, 0.1) is 0 Å². The lowest BCUT2D eigenvalue weighted by Crippen LogP contribution is -2.44. The predicted octanol–water partition coefficient (Wildman–Crippen LogP) is 0.423. The summed E-state index contributed by atoms with van der Waals surface area (Å²) in [5.74, 6) is 2.82. The number of rotatable bonds is 6. The van der Waals surface area contributed by atoms with Crippen LogP contribution in [0.5, 0.6) is 0 Å². The number of carbonyl (C=O) groups is 1. The van der Waals surface area contributed by atoms with Crippen molar-refractivity contribution < 1.29 is 9.90 Å². The monoisotopic (exact) mass is 284 g/mol. The molecule has 1 aromatic heterocycles. The van der Waals surface area contributed by atoms with Crippen LogP contribution in [0.3, 0.4) is 0 Å². The Morgan fingerprint density at radius 2 is 2.26 bits per heavy atom. The summed E-state index contributed by atoms with van der Waals surface area (Å²) in [6, 6.07) is 0.258. The van der Waals surface area contributed by atoms with Crippen molar-refractivity contribution in [2.24, 2.45) is 7.05 Å². The summed E-state index contributed by atoms with van der Waals surface area (Å²) in [4.78, 5) is 11.6. The highest BCUT2D eigenvalue weighted by atomic mass is 32.2. The minimum absolute atomic E-state index is 0.0922. The van der Waals surface area contributed by atoms with Gasteiger partial charge in [0, 0.05) is 31.2 Å². The molecule has 19 heavy (non-hydrogen) atoms. The Hall–Kier alpha value is -1.08. The second kappa shape index (κ2) is 6.38. The normalized spacial score (nSPS) is 22.1. The minimum atomic E-state index is -0.0922. The smallest absolute Gasteiger partial charge is 0.221 e. The van der Waals surface area contributed by atoms with Crippen molar-refractivity contribution in [3.05, 3.63) is 11.6 Å². The number of aliphatic hydroxyl groups excluding tert-OH is 1. The summed E-state index contributed by atoms with van der Waals surface area (Å²) < 4.78 is 1.84. The summed E-state index contributed by atoms with van der Waals surface area (Å²) in [6.07, 6.45) is 4.39. The van der Waals surface area contributed by atoms with E-state index in [0.717, 1.165) is 24.4 Å². The first-order valence-electron chi connectivity index (χ1n) is 6.43. The lowest BCUT2D eigenvalue weighted by molar-refractivity contribution is -0.122. The number of thioether (sulfide) groups is 1. The van der Waals surface area contributed by atoms with E-state index in [1.165, 1.54) is 0 Å². The highest BCUT2D eigenvalue weighted by Crippen LogP contribution is 2.35. The van der Waals surface area contributed by atoms with Crippen LogP contribution in [0.1, 0.15) is 36.8 Å². The zero-order chi connectivity index (χ0) is 13.8. The lowest BCUT2D eigenvalue weighted by Gasteiger charge is -2.35. The van der Waals surface area contributed by atoms with Gasteiger partial charge in [-0.15, -0.1) is 10.2 Å². The molecule has 0 spiro atoms. The van der Waals surface area contributed by atoms with E-state index in [9.17, 15) is 4.79 Å². The molecule has 0 radical (unpaired) electrons. The number of aromatic nitrogens is 3. The first kappa shape index (κ1) is 14.3. The standard InChI is InChI=1S/C12H20N4O2S/c1-16-10(7-17)14-15-12(16)8-5-9(6-8)13-11(18)3-4-19-2/h8-9,17H,3-7H2,1-2H3,(H,13,18). The largest absolute Gasteiger partial charge is 0.388 e. The molecular weight excluding hydrogens is 264 g/mol. The van der Waals surface area contributed by atoms with Gasteiger partial charge >= 0.3 is 0 Å². The first-order valence-corrected chi connectivity index (χ1v) is 7.82. The predicted molar refractivity (Wildman–Crippen MR) is 73.8 cm³/mol. The zero-order valence-electron chi connectivity index (χ0n) is 11.3. The lowest BCUT2D eigenvalue weighted by atomic mass is 9.79. The van der Waals surface area contributed by atoms with Crippen LogP contribution in [-0.2, 0) is 18.4 Å². The Balaban J connectivity index is 1.79. The zero-order valence-corrected chi connectivity index (χ0v) is 12.1. The molecule has 0 aliphatic heterocycles. The number of aliphatic hydroxyl groups is 1. The van der Waals surface area contributed by atoms with E-state index in [-0.39, 0.29) is 18.6 Å². The molecule has 1 amide bonds. The number of hydrogen-bond acceptors (Lipinski definition) is 5. The summed E-state index contributed by atoms with van der Waals surface area (Å²) in [5, 5.41) is 20.2. The molecule has 1 fully saturated rings. The second-order valence-corrected chi connectivity index (χ2v) is 5.85. The Morgan fingerprint density at radius 3 is 2.84 bits per heavy atom. The highest BCUT2D eigenvalue weighted by molar-refractivity contribution is 7.98. The molecule has 2 N–H and O–H groups in total. The molecule has 1 saturated carbocycles. The van der Waals surface area contributed by atoms with Gasteiger partial charge in [-0.2, -0.15) is 11.8 Å². The van der Waals surface area contributed by atoms with Crippen LogP contribution in [0.4, 0.5) is 0 Å². The number of nitrogens with zero attached hydrogens (tertiary/aromatic N) is 3. The molecular formula is C12H20N4O2S. The maximum Gasteiger partial charge on any atom is 0.221 e. The van der Waals surface area contributed by atoms with Gasteiger partial charge < -0.3 is 15.0 Å². The number of nitrogens with one attached hydrogen (secondary N) is 1. The molecule has 1 aliphatic carbocycles. The van der Waals surface area contributed by atoms with Gasteiger partial charge in [-0.05, 0) is 19.1 Å². The van der Waals surface area contributed by atoms with Crippen LogP contribution in [0.2, 0.25) is 0 Å². The van der Waals surface area contributed by atoms with Crippen LogP contribution < -0.4 is 5.32 Å². The molecule has 2 rings (SSSR count). The summed E-state index contributed by atoms with van der Waals surface area (Å²) >= 11 is 1.68. The molecule has 0 atom stereocenters. The summed E-state index contributed by atoms with van der Waals surface area (Å²) in [7, 11) is 1.87. The SMILES string of the molecule is CSCCC(=O)NC1CC(c2nnc(CO)n2C)C1. The molecule has 0 saturated heterocycles. The molecule has 0 aromatic carbocycles. The maximum absolute atomic E-state index is 11.6. The van der Waals surface area contributed by atoms with E-state index in [2.05, 4.69) is 15.5 Å². The number of hydrogen-bond donors (Lipinski definition) is 2. The van der Waals surface area contributed by atoms with E-state index in [4.69, 9.17) is 5.11 Å². The summed E-state index contributed by atoms with van der Waals surface area (Å²) in [5.41, 5.74) is 0. The van der Waals surface area contributed by atoms with E-state index < -0.39 is 0 Å². The quantitative estimate of drug-likeness (QED) is 0.791. The van der Waals surface area contributed by atoms with E-state index in [1.807, 2.05) is 17.9 Å². The van der Waals surface area contributed by atoms with Gasteiger partial charge in [0.1, 0.15) is 12.4 Å². The van der Waals surface area contributed by atoms with Crippen molar-refractivity contribution in [2.45, 2.75) is 37.8 Å². The average Bonchev–Trinajstić information content (AvgIpc) is 2.72.